The largest absolute Gasteiger partial charge is 0.313 e. The summed E-state index contributed by atoms with van der Waals surface area (Å²) >= 11 is 0. The summed E-state index contributed by atoms with van der Waals surface area (Å²) in [5, 5.41) is 3.71. The molecule has 1 atom stereocenters. The van der Waals surface area contributed by atoms with Gasteiger partial charge in [0.2, 0.25) is 0 Å². The lowest BCUT2D eigenvalue weighted by Crippen LogP contribution is -2.47. The van der Waals surface area contributed by atoms with Crippen LogP contribution in [0.3, 0.4) is 0 Å². The van der Waals surface area contributed by atoms with E-state index in [0.29, 0.717) is 0 Å². The average molecular weight is 254 g/mol. The van der Waals surface area contributed by atoms with Crippen LogP contribution in [-0.2, 0) is 0 Å². The van der Waals surface area contributed by atoms with E-state index in [9.17, 15) is 0 Å². The van der Waals surface area contributed by atoms with Crippen molar-refractivity contribution in [2.75, 3.05) is 19.6 Å². The second kappa shape index (κ2) is 9.80. The molecule has 1 unspecified atom stereocenters. The summed E-state index contributed by atoms with van der Waals surface area (Å²) in [4.78, 5) is 2.77. The third-order valence-electron chi connectivity index (χ3n) is 4.14. The quantitative estimate of drug-likeness (QED) is 0.673. The number of nitrogens with zero attached hydrogens (tertiary/aromatic N) is 1. The highest BCUT2D eigenvalue weighted by Crippen LogP contribution is 2.17. The van der Waals surface area contributed by atoms with Crippen LogP contribution in [0.2, 0.25) is 0 Å². The highest BCUT2D eigenvalue weighted by atomic mass is 15.2. The van der Waals surface area contributed by atoms with Crippen molar-refractivity contribution in [3.05, 3.63) is 0 Å². The Kier molecular flexibility index (Phi) is 8.70. The molecule has 0 spiro atoms. The zero-order valence-electron chi connectivity index (χ0n) is 12.9. The number of rotatable bonds is 9. The van der Waals surface area contributed by atoms with E-state index in [4.69, 9.17) is 0 Å². The van der Waals surface area contributed by atoms with E-state index in [1.807, 2.05) is 0 Å². The SMILES string of the molecule is CCCC(CCC)N(CCC)CC1CCCCN1. The predicted molar refractivity (Wildman–Crippen MR) is 81.1 cm³/mol. The van der Waals surface area contributed by atoms with E-state index in [-0.39, 0.29) is 0 Å². The van der Waals surface area contributed by atoms with Crippen molar-refractivity contribution in [1.29, 1.82) is 0 Å². The Morgan fingerprint density at radius 2 is 1.78 bits per heavy atom. The van der Waals surface area contributed by atoms with Gasteiger partial charge in [-0.2, -0.15) is 0 Å². The van der Waals surface area contributed by atoms with Crippen LogP contribution in [0.4, 0.5) is 0 Å². The summed E-state index contributed by atoms with van der Waals surface area (Å²) in [5.41, 5.74) is 0. The van der Waals surface area contributed by atoms with Gasteiger partial charge in [-0.1, -0.05) is 40.0 Å². The lowest BCUT2D eigenvalue weighted by Gasteiger charge is -2.36. The predicted octanol–water partition coefficient (Wildman–Crippen LogP) is 3.81. The highest BCUT2D eigenvalue weighted by molar-refractivity contribution is 4.80. The smallest absolute Gasteiger partial charge is 0.0195 e. The maximum absolute atomic E-state index is 3.71. The van der Waals surface area contributed by atoms with Crippen LogP contribution in [-0.4, -0.2) is 36.6 Å². The molecule has 2 nitrogen and oxygen atoms in total. The molecule has 1 aliphatic heterocycles. The normalized spacial score (nSPS) is 20.8. The van der Waals surface area contributed by atoms with Gasteiger partial charge in [-0.3, -0.25) is 4.90 Å². The molecule has 18 heavy (non-hydrogen) atoms. The van der Waals surface area contributed by atoms with E-state index in [1.54, 1.807) is 0 Å². The molecule has 0 aliphatic carbocycles. The second-order valence-corrected chi connectivity index (χ2v) is 5.87. The van der Waals surface area contributed by atoms with E-state index >= 15 is 0 Å². The van der Waals surface area contributed by atoms with Crippen molar-refractivity contribution in [3.63, 3.8) is 0 Å². The first kappa shape index (κ1) is 16.0. The van der Waals surface area contributed by atoms with Crippen molar-refractivity contribution < 1.29 is 0 Å². The molecular weight excluding hydrogens is 220 g/mol. The maximum Gasteiger partial charge on any atom is 0.0195 e. The average Bonchev–Trinajstić information content (AvgIpc) is 2.39. The summed E-state index contributed by atoms with van der Waals surface area (Å²) in [6, 6.07) is 1.57. The van der Waals surface area contributed by atoms with Gasteiger partial charge in [0, 0.05) is 18.6 Å². The van der Waals surface area contributed by atoms with Crippen LogP contribution in [0.5, 0.6) is 0 Å². The highest BCUT2D eigenvalue weighted by Gasteiger charge is 2.21. The third kappa shape index (κ3) is 5.71. The molecule has 1 fully saturated rings. The van der Waals surface area contributed by atoms with Gasteiger partial charge >= 0.3 is 0 Å². The fourth-order valence-corrected chi connectivity index (χ4v) is 3.25. The van der Waals surface area contributed by atoms with E-state index < -0.39 is 0 Å². The molecule has 1 aliphatic rings. The second-order valence-electron chi connectivity index (χ2n) is 5.87. The molecular formula is C16H34N2. The first-order chi connectivity index (χ1) is 8.81. The van der Waals surface area contributed by atoms with Gasteiger partial charge in [-0.25, -0.2) is 0 Å². The lowest BCUT2D eigenvalue weighted by atomic mass is 10.0. The summed E-state index contributed by atoms with van der Waals surface area (Å²) in [6.07, 6.45) is 10.9. The minimum atomic E-state index is 0.751. The lowest BCUT2D eigenvalue weighted by molar-refractivity contribution is 0.149. The molecule has 1 saturated heterocycles. The van der Waals surface area contributed by atoms with Gasteiger partial charge in [0.25, 0.3) is 0 Å². The van der Waals surface area contributed by atoms with Crippen molar-refractivity contribution in [2.24, 2.45) is 0 Å². The Hall–Kier alpha value is -0.0800. The first-order valence-corrected chi connectivity index (χ1v) is 8.29. The van der Waals surface area contributed by atoms with Gasteiger partial charge in [0.05, 0.1) is 0 Å². The molecule has 0 radical (unpaired) electrons. The number of piperidine rings is 1. The standard InChI is InChI=1S/C16H34N2/c1-4-9-16(10-5-2)18(13-6-3)14-15-11-7-8-12-17-15/h15-17H,4-14H2,1-3H3. The number of hydrogen-bond acceptors (Lipinski definition) is 2. The maximum atomic E-state index is 3.71. The van der Waals surface area contributed by atoms with Gasteiger partial charge in [0.15, 0.2) is 0 Å². The van der Waals surface area contributed by atoms with Crippen LogP contribution in [0.25, 0.3) is 0 Å². The summed E-state index contributed by atoms with van der Waals surface area (Å²) in [7, 11) is 0. The topological polar surface area (TPSA) is 15.3 Å². The van der Waals surface area contributed by atoms with Crippen LogP contribution >= 0.6 is 0 Å². The summed E-state index contributed by atoms with van der Waals surface area (Å²) in [5.74, 6) is 0. The number of hydrogen-bond donors (Lipinski definition) is 1. The van der Waals surface area contributed by atoms with Crippen molar-refractivity contribution in [2.45, 2.75) is 84.2 Å². The molecule has 0 aromatic rings. The molecule has 0 saturated carbocycles. The van der Waals surface area contributed by atoms with Crippen LogP contribution < -0.4 is 5.32 Å². The molecule has 0 aromatic heterocycles. The Bertz CT molecular complexity index is 182. The van der Waals surface area contributed by atoms with Gasteiger partial charge in [-0.05, 0) is 45.2 Å². The molecule has 0 aromatic carbocycles. The monoisotopic (exact) mass is 254 g/mol. The molecule has 1 N–H and O–H groups in total. The Morgan fingerprint density at radius 3 is 2.28 bits per heavy atom. The van der Waals surface area contributed by atoms with Crippen LogP contribution in [0.1, 0.15) is 72.1 Å². The number of nitrogens with one attached hydrogen (secondary N) is 1. The van der Waals surface area contributed by atoms with Crippen molar-refractivity contribution in [3.8, 4) is 0 Å². The molecule has 2 heteroatoms. The van der Waals surface area contributed by atoms with E-state index in [0.717, 1.165) is 12.1 Å². The molecule has 1 heterocycles. The van der Waals surface area contributed by atoms with Crippen molar-refractivity contribution >= 4 is 0 Å². The van der Waals surface area contributed by atoms with E-state index in [2.05, 4.69) is 31.0 Å². The molecule has 0 amide bonds. The zero-order valence-corrected chi connectivity index (χ0v) is 12.9. The molecule has 0 bridgehead atoms. The van der Waals surface area contributed by atoms with Crippen molar-refractivity contribution in [1.82, 2.24) is 10.2 Å². The minimum Gasteiger partial charge on any atom is -0.313 e. The summed E-state index contributed by atoms with van der Waals surface area (Å²) < 4.78 is 0. The molecule has 1 rings (SSSR count). The van der Waals surface area contributed by atoms with Gasteiger partial charge < -0.3 is 5.32 Å². The fraction of sp³-hybridized carbons (Fsp3) is 1.00. The van der Waals surface area contributed by atoms with Crippen LogP contribution in [0, 0.1) is 0 Å². The van der Waals surface area contributed by atoms with E-state index in [1.165, 1.54) is 71.0 Å². The molecule has 108 valence electrons. The minimum absolute atomic E-state index is 0.751. The third-order valence-corrected chi connectivity index (χ3v) is 4.14. The van der Waals surface area contributed by atoms with Crippen LogP contribution in [0.15, 0.2) is 0 Å². The Balaban J connectivity index is 2.48. The van der Waals surface area contributed by atoms with Gasteiger partial charge in [0.1, 0.15) is 0 Å². The Labute approximate surface area is 115 Å². The fourth-order valence-electron chi connectivity index (χ4n) is 3.25. The zero-order chi connectivity index (χ0) is 13.2. The summed E-state index contributed by atoms with van der Waals surface area (Å²) in [6.45, 7) is 10.8. The first-order valence-electron chi connectivity index (χ1n) is 8.29. The van der Waals surface area contributed by atoms with Gasteiger partial charge in [-0.15, -0.1) is 0 Å². The Morgan fingerprint density at radius 1 is 1.06 bits per heavy atom.